The van der Waals surface area contributed by atoms with Crippen LogP contribution in [0.1, 0.15) is 17.3 Å². The Labute approximate surface area is 184 Å². The number of sulfonamides is 1. The summed E-state index contributed by atoms with van der Waals surface area (Å²) >= 11 is 0. The van der Waals surface area contributed by atoms with Crippen LogP contribution in [0.5, 0.6) is 17.2 Å². The Hall–Kier alpha value is -3.31. The van der Waals surface area contributed by atoms with Crippen molar-refractivity contribution in [1.82, 2.24) is 9.21 Å². The summed E-state index contributed by atoms with van der Waals surface area (Å²) in [5, 5.41) is 2.66. The minimum Gasteiger partial charge on any atom is -0.479 e. The number of amides is 2. The fraction of sp³-hybridized carbons (Fsp3) is 0.333. The first-order valence-electron chi connectivity index (χ1n) is 10.1. The molecule has 0 saturated carbocycles. The van der Waals surface area contributed by atoms with Gasteiger partial charge in [-0.1, -0.05) is 0 Å². The molecule has 11 heteroatoms. The van der Waals surface area contributed by atoms with Gasteiger partial charge in [-0.25, -0.2) is 8.42 Å². The van der Waals surface area contributed by atoms with Crippen molar-refractivity contribution in [2.75, 3.05) is 38.3 Å². The summed E-state index contributed by atoms with van der Waals surface area (Å²) < 4.78 is 43.7. The van der Waals surface area contributed by atoms with Gasteiger partial charge in [-0.3, -0.25) is 9.59 Å². The molecule has 1 fully saturated rings. The third-order valence-corrected chi connectivity index (χ3v) is 7.56. The number of nitrogens with zero attached hydrogens (tertiary/aromatic N) is 2. The highest BCUT2D eigenvalue weighted by atomic mass is 32.2. The predicted octanol–water partition coefficient (Wildman–Crippen LogP) is 1.28. The van der Waals surface area contributed by atoms with Gasteiger partial charge in [-0.15, -0.1) is 0 Å². The molecule has 168 valence electrons. The van der Waals surface area contributed by atoms with E-state index in [0.717, 1.165) is 0 Å². The van der Waals surface area contributed by atoms with Gasteiger partial charge in [0.15, 0.2) is 17.6 Å². The molecule has 1 atom stereocenters. The number of anilines is 1. The quantitative estimate of drug-likeness (QED) is 0.735. The fourth-order valence-corrected chi connectivity index (χ4v) is 5.29. The fourth-order valence-electron chi connectivity index (χ4n) is 3.84. The van der Waals surface area contributed by atoms with E-state index in [2.05, 4.69) is 5.32 Å². The van der Waals surface area contributed by atoms with E-state index in [-0.39, 0.29) is 49.7 Å². The van der Waals surface area contributed by atoms with E-state index >= 15 is 0 Å². The van der Waals surface area contributed by atoms with Crippen LogP contribution in [0.25, 0.3) is 0 Å². The van der Waals surface area contributed by atoms with Gasteiger partial charge >= 0.3 is 0 Å². The number of nitrogens with one attached hydrogen (secondary N) is 1. The van der Waals surface area contributed by atoms with Crippen LogP contribution in [0, 0.1) is 0 Å². The molecule has 32 heavy (non-hydrogen) atoms. The second kappa shape index (κ2) is 7.68. The normalized spacial score (nSPS) is 20.3. The SMILES string of the molecule is C[C@@H]1Oc2ccc(S(=O)(=O)N3CCN(C(=O)c4ccc5c(c4)OCO5)CC3)cc2NC1=O. The van der Waals surface area contributed by atoms with Crippen molar-refractivity contribution in [3.63, 3.8) is 0 Å². The van der Waals surface area contributed by atoms with E-state index in [1.165, 1.54) is 22.5 Å². The van der Waals surface area contributed by atoms with Crippen molar-refractivity contribution in [2.24, 2.45) is 0 Å². The summed E-state index contributed by atoms with van der Waals surface area (Å²) in [7, 11) is -3.80. The molecule has 0 aliphatic carbocycles. The molecule has 0 radical (unpaired) electrons. The number of carbonyl (C=O) groups is 2. The topological polar surface area (TPSA) is 114 Å². The summed E-state index contributed by atoms with van der Waals surface area (Å²) in [6, 6.07) is 9.40. The molecule has 3 heterocycles. The van der Waals surface area contributed by atoms with Crippen molar-refractivity contribution in [3.05, 3.63) is 42.0 Å². The molecular formula is C21H21N3O7S. The third kappa shape index (κ3) is 3.53. The maximum absolute atomic E-state index is 13.1. The molecule has 5 rings (SSSR count). The van der Waals surface area contributed by atoms with Crippen molar-refractivity contribution >= 4 is 27.5 Å². The lowest BCUT2D eigenvalue weighted by molar-refractivity contribution is -0.122. The first-order chi connectivity index (χ1) is 15.3. The summed E-state index contributed by atoms with van der Waals surface area (Å²) in [5.74, 6) is 1.02. The number of hydrogen-bond donors (Lipinski definition) is 1. The van der Waals surface area contributed by atoms with Gasteiger partial charge in [0.25, 0.3) is 11.8 Å². The van der Waals surface area contributed by atoms with Gasteiger partial charge in [0.1, 0.15) is 5.75 Å². The Morgan fingerprint density at radius 2 is 1.72 bits per heavy atom. The maximum Gasteiger partial charge on any atom is 0.265 e. The van der Waals surface area contributed by atoms with Crippen LogP contribution in [0.4, 0.5) is 5.69 Å². The zero-order valence-electron chi connectivity index (χ0n) is 17.2. The summed E-state index contributed by atoms with van der Waals surface area (Å²) in [6.07, 6.45) is -0.639. The Morgan fingerprint density at radius 1 is 1.00 bits per heavy atom. The molecule has 0 unspecified atom stereocenters. The van der Waals surface area contributed by atoms with Crippen LogP contribution in [0.3, 0.4) is 0 Å². The molecular weight excluding hydrogens is 438 g/mol. The molecule has 1 saturated heterocycles. The molecule has 0 spiro atoms. The largest absolute Gasteiger partial charge is 0.479 e. The van der Waals surface area contributed by atoms with Crippen LogP contribution in [-0.4, -0.2) is 68.5 Å². The summed E-state index contributed by atoms with van der Waals surface area (Å²) in [6.45, 7) is 2.59. The minimum absolute atomic E-state index is 0.0604. The third-order valence-electron chi connectivity index (χ3n) is 5.67. The second-order valence-corrected chi connectivity index (χ2v) is 9.61. The lowest BCUT2D eigenvalue weighted by Gasteiger charge is -2.34. The first-order valence-corrected chi connectivity index (χ1v) is 11.6. The zero-order valence-corrected chi connectivity index (χ0v) is 18.1. The van der Waals surface area contributed by atoms with Crippen molar-refractivity contribution in [3.8, 4) is 17.2 Å². The molecule has 2 amide bonds. The number of carbonyl (C=O) groups excluding carboxylic acids is 2. The van der Waals surface area contributed by atoms with Gasteiger partial charge in [0.2, 0.25) is 16.8 Å². The molecule has 10 nitrogen and oxygen atoms in total. The van der Waals surface area contributed by atoms with Crippen molar-refractivity contribution < 1.29 is 32.2 Å². The van der Waals surface area contributed by atoms with Crippen molar-refractivity contribution in [1.29, 1.82) is 0 Å². The molecule has 3 aliphatic rings. The number of ether oxygens (including phenoxy) is 3. The summed E-state index contributed by atoms with van der Waals surface area (Å²) in [4.78, 5) is 26.4. The van der Waals surface area contributed by atoms with E-state index < -0.39 is 16.1 Å². The standard InChI is InChI=1S/C21H21N3O7S/c1-13-20(25)22-16-11-15(3-5-17(16)31-13)32(27,28)24-8-6-23(7-9-24)21(26)14-2-4-18-19(10-14)30-12-29-18/h2-5,10-11,13H,6-9,12H2,1H3,(H,22,25)/t13-/m0/s1. The van der Waals surface area contributed by atoms with E-state index in [4.69, 9.17) is 14.2 Å². The predicted molar refractivity (Wildman–Crippen MR) is 112 cm³/mol. The van der Waals surface area contributed by atoms with Crippen LogP contribution in [0.2, 0.25) is 0 Å². The van der Waals surface area contributed by atoms with E-state index in [1.54, 1.807) is 30.0 Å². The number of piperazine rings is 1. The van der Waals surface area contributed by atoms with Crippen LogP contribution in [0.15, 0.2) is 41.3 Å². The number of rotatable bonds is 3. The van der Waals surface area contributed by atoms with Gasteiger partial charge < -0.3 is 24.4 Å². The maximum atomic E-state index is 13.1. The molecule has 0 aromatic heterocycles. The number of hydrogen-bond acceptors (Lipinski definition) is 7. The average Bonchev–Trinajstić information content (AvgIpc) is 3.27. The Kier molecular flexibility index (Phi) is 4.94. The highest BCUT2D eigenvalue weighted by molar-refractivity contribution is 7.89. The van der Waals surface area contributed by atoms with E-state index in [0.29, 0.717) is 28.5 Å². The van der Waals surface area contributed by atoms with Gasteiger partial charge in [-0.05, 0) is 43.3 Å². The lowest BCUT2D eigenvalue weighted by atomic mass is 10.1. The van der Waals surface area contributed by atoms with Crippen LogP contribution in [-0.2, 0) is 14.8 Å². The first kappa shape index (κ1) is 20.6. The molecule has 1 N–H and O–H groups in total. The van der Waals surface area contributed by atoms with E-state index in [1.807, 2.05) is 0 Å². The monoisotopic (exact) mass is 459 g/mol. The highest BCUT2D eigenvalue weighted by Crippen LogP contribution is 2.34. The van der Waals surface area contributed by atoms with Gasteiger partial charge in [-0.2, -0.15) is 4.31 Å². The van der Waals surface area contributed by atoms with Crippen LogP contribution < -0.4 is 19.5 Å². The molecule has 0 bridgehead atoms. The Bertz CT molecular complexity index is 1210. The highest BCUT2D eigenvalue weighted by Gasteiger charge is 2.32. The Morgan fingerprint density at radius 3 is 2.50 bits per heavy atom. The number of fused-ring (bicyclic) bond motifs is 2. The average molecular weight is 459 g/mol. The van der Waals surface area contributed by atoms with Gasteiger partial charge in [0.05, 0.1) is 10.6 Å². The second-order valence-electron chi connectivity index (χ2n) is 7.67. The van der Waals surface area contributed by atoms with E-state index in [9.17, 15) is 18.0 Å². The number of benzene rings is 2. The summed E-state index contributed by atoms with van der Waals surface area (Å²) in [5.41, 5.74) is 0.788. The smallest absolute Gasteiger partial charge is 0.265 e. The lowest BCUT2D eigenvalue weighted by Crippen LogP contribution is -2.50. The van der Waals surface area contributed by atoms with Crippen molar-refractivity contribution in [2.45, 2.75) is 17.9 Å². The molecule has 2 aromatic rings. The minimum atomic E-state index is -3.80. The van der Waals surface area contributed by atoms with Crippen LogP contribution >= 0.6 is 0 Å². The zero-order chi connectivity index (χ0) is 22.5. The van der Waals surface area contributed by atoms with Gasteiger partial charge in [0, 0.05) is 31.7 Å². The molecule has 2 aromatic carbocycles. The molecule has 3 aliphatic heterocycles. The Balaban J connectivity index is 1.28.